The predicted octanol–water partition coefficient (Wildman–Crippen LogP) is 2.26. The minimum Gasteiger partial charge on any atom is -0.229 e. The van der Waals surface area contributed by atoms with Crippen LogP contribution in [0.1, 0.15) is 41.5 Å². The maximum atomic E-state index is 13.5. The first kappa shape index (κ1) is 17.9. The van der Waals surface area contributed by atoms with Gasteiger partial charge in [0.2, 0.25) is 10.0 Å². The average molecular weight is 372 g/mol. The first-order valence-corrected chi connectivity index (χ1v) is 11.6. The molecule has 1 aromatic carbocycles. The van der Waals surface area contributed by atoms with E-state index in [1.54, 1.807) is 0 Å². The zero-order valence-corrected chi connectivity index (χ0v) is 16.3. The first-order chi connectivity index (χ1) is 11.0. The molecule has 1 atom stereocenters. The summed E-state index contributed by atoms with van der Waals surface area (Å²) in [4.78, 5) is 0.371. The number of aryl methyl sites for hydroxylation is 2. The molecule has 1 aromatic rings. The quantitative estimate of drug-likeness (QED) is 0.814. The van der Waals surface area contributed by atoms with Crippen LogP contribution in [0.4, 0.5) is 0 Å². The highest BCUT2D eigenvalue weighted by molar-refractivity contribution is 7.92. The first-order valence-electron chi connectivity index (χ1n) is 8.36. The van der Waals surface area contributed by atoms with E-state index < -0.39 is 25.9 Å². The summed E-state index contributed by atoms with van der Waals surface area (Å²) in [6, 6.07) is 1.53. The Morgan fingerprint density at radius 3 is 1.92 bits per heavy atom. The molecular weight excluding hydrogens is 346 g/mol. The summed E-state index contributed by atoms with van der Waals surface area (Å²) in [6.45, 7) is 7.51. The molecule has 0 amide bonds. The number of nitrogens with zero attached hydrogens (tertiary/aromatic N) is 1. The summed E-state index contributed by atoms with van der Waals surface area (Å²) < 4.78 is 52.2. The van der Waals surface area contributed by atoms with Gasteiger partial charge in [0.15, 0.2) is 9.84 Å². The van der Waals surface area contributed by atoms with Crippen LogP contribution in [0.25, 0.3) is 0 Å². The second kappa shape index (κ2) is 5.81. The molecule has 0 radical (unpaired) electrons. The van der Waals surface area contributed by atoms with E-state index in [1.807, 2.05) is 33.8 Å². The van der Waals surface area contributed by atoms with Crippen molar-refractivity contribution < 1.29 is 16.8 Å². The lowest BCUT2D eigenvalue weighted by Gasteiger charge is -2.29. The topological polar surface area (TPSA) is 71.5 Å². The Morgan fingerprint density at radius 1 is 0.958 bits per heavy atom. The number of rotatable bonds is 4. The summed E-state index contributed by atoms with van der Waals surface area (Å²) >= 11 is 0. The van der Waals surface area contributed by atoms with Gasteiger partial charge in [-0.05, 0) is 69.2 Å². The number of sulfonamides is 1. The van der Waals surface area contributed by atoms with Crippen LogP contribution in [-0.4, -0.2) is 44.7 Å². The Hall–Kier alpha value is -0.920. The third kappa shape index (κ3) is 3.02. The molecule has 2 aliphatic rings. The monoisotopic (exact) mass is 371 g/mol. The molecule has 0 unspecified atom stereocenters. The van der Waals surface area contributed by atoms with Crippen molar-refractivity contribution in [2.45, 2.75) is 63.9 Å². The lowest BCUT2D eigenvalue weighted by atomic mass is 10.0. The number of sulfone groups is 1. The summed E-state index contributed by atoms with van der Waals surface area (Å²) in [7, 11) is -6.84. The molecule has 0 aromatic heterocycles. The fraction of sp³-hybridized carbons (Fsp3) is 0.647. The molecule has 3 rings (SSSR count). The molecule has 0 bridgehead atoms. The van der Waals surface area contributed by atoms with Gasteiger partial charge in [-0.2, -0.15) is 4.31 Å². The van der Waals surface area contributed by atoms with Gasteiger partial charge in [-0.3, -0.25) is 0 Å². The number of hydrogen-bond acceptors (Lipinski definition) is 4. The summed E-state index contributed by atoms with van der Waals surface area (Å²) in [5, 5.41) is 0. The maximum absolute atomic E-state index is 13.5. The number of hydrogen-bond donors (Lipinski definition) is 0. The van der Waals surface area contributed by atoms with E-state index in [2.05, 4.69) is 0 Å². The lowest BCUT2D eigenvalue weighted by molar-refractivity contribution is 0.332. The molecule has 1 heterocycles. The average Bonchev–Trinajstić information content (AvgIpc) is 3.20. The standard InChI is InChI=1S/C17H25NO4S2/c1-11-9-12(2)14(4)17(13(11)3)24(21,22)18(15-5-6-15)16-7-8-23(19,20)10-16/h9,15-16H,5-8,10H2,1-4H3/t16-/m1/s1. The van der Waals surface area contributed by atoms with E-state index in [0.717, 1.165) is 35.1 Å². The molecule has 1 aliphatic carbocycles. The van der Waals surface area contributed by atoms with Gasteiger partial charge in [-0.15, -0.1) is 0 Å². The molecule has 5 nitrogen and oxygen atoms in total. The molecule has 0 spiro atoms. The number of benzene rings is 1. The van der Waals surface area contributed by atoms with Crippen LogP contribution in [0.3, 0.4) is 0 Å². The minimum absolute atomic E-state index is 0.0482. The second-order valence-corrected chi connectivity index (χ2v) is 11.2. The highest BCUT2D eigenvalue weighted by Crippen LogP contribution is 2.39. The largest absolute Gasteiger partial charge is 0.244 e. The van der Waals surface area contributed by atoms with E-state index >= 15 is 0 Å². The van der Waals surface area contributed by atoms with E-state index in [-0.39, 0.29) is 17.5 Å². The predicted molar refractivity (Wildman–Crippen MR) is 94.5 cm³/mol. The smallest absolute Gasteiger partial charge is 0.229 e. The summed E-state index contributed by atoms with van der Waals surface area (Å²) in [5.74, 6) is 0.0346. The van der Waals surface area contributed by atoms with Gasteiger partial charge in [-0.1, -0.05) is 6.07 Å². The second-order valence-electron chi connectivity index (χ2n) is 7.21. The molecule has 1 saturated carbocycles. The van der Waals surface area contributed by atoms with Crippen LogP contribution in [0, 0.1) is 27.7 Å². The van der Waals surface area contributed by atoms with Crippen LogP contribution in [-0.2, 0) is 19.9 Å². The van der Waals surface area contributed by atoms with Gasteiger partial charge in [0.1, 0.15) is 0 Å². The molecule has 0 N–H and O–H groups in total. The zero-order valence-electron chi connectivity index (χ0n) is 14.7. The molecular formula is C17H25NO4S2. The van der Waals surface area contributed by atoms with Gasteiger partial charge < -0.3 is 0 Å². The highest BCUT2D eigenvalue weighted by Gasteiger charge is 2.47. The van der Waals surface area contributed by atoms with Gasteiger partial charge in [0, 0.05) is 12.1 Å². The fourth-order valence-corrected chi connectivity index (χ4v) is 7.96. The zero-order chi connectivity index (χ0) is 17.9. The molecule has 2 fully saturated rings. The van der Waals surface area contributed by atoms with Crippen LogP contribution in [0.15, 0.2) is 11.0 Å². The van der Waals surface area contributed by atoms with Gasteiger partial charge in [-0.25, -0.2) is 16.8 Å². The Bertz CT molecular complexity index is 857. The van der Waals surface area contributed by atoms with Crippen molar-refractivity contribution in [1.29, 1.82) is 0 Å². The summed E-state index contributed by atoms with van der Waals surface area (Å²) in [5.41, 5.74) is 3.44. The normalized spacial score (nSPS) is 23.8. The molecule has 24 heavy (non-hydrogen) atoms. The van der Waals surface area contributed by atoms with E-state index in [0.29, 0.717) is 11.3 Å². The van der Waals surface area contributed by atoms with E-state index in [4.69, 9.17) is 0 Å². The van der Waals surface area contributed by atoms with Crippen LogP contribution < -0.4 is 0 Å². The lowest BCUT2D eigenvalue weighted by Crippen LogP contribution is -2.43. The third-order valence-corrected chi connectivity index (χ3v) is 9.34. The summed E-state index contributed by atoms with van der Waals surface area (Å²) in [6.07, 6.45) is 2.04. The van der Waals surface area contributed by atoms with E-state index in [9.17, 15) is 16.8 Å². The van der Waals surface area contributed by atoms with Gasteiger partial charge in [0.25, 0.3) is 0 Å². The van der Waals surface area contributed by atoms with Crippen LogP contribution in [0.2, 0.25) is 0 Å². The van der Waals surface area contributed by atoms with Crippen molar-refractivity contribution in [2.24, 2.45) is 0 Å². The van der Waals surface area contributed by atoms with Crippen LogP contribution in [0.5, 0.6) is 0 Å². The van der Waals surface area contributed by atoms with Gasteiger partial charge in [0.05, 0.1) is 16.4 Å². The van der Waals surface area contributed by atoms with Gasteiger partial charge >= 0.3 is 0 Å². The molecule has 134 valence electrons. The minimum atomic E-state index is -3.71. The van der Waals surface area contributed by atoms with Crippen molar-refractivity contribution in [3.63, 3.8) is 0 Å². The Morgan fingerprint density at radius 2 is 1.50 bits per heavy atom. The van der Waals surface area contributed by atoms with Crippen molar-refractivity contribution in [2.75, 3.05) is 11.5 Å². The van der Waals surface area contributed by atoms with Crippen molar-refractivity contribution in [3.8, 4) is 0 Å². The van der Waals surface area contributed by atoms with E-state index in [1.165, 1.54) is 4.31 Å². The fourth-order valence-electron chi connectivity index (χ4n) is 3.67. The van der Waals surface area contributed by atoms with Crippen molar-refractivity contribution in [3.05, 3.63) is 28.3 Å². The Balaban J connectivity index is 2.12. The highest BCUT2D eigenvalue weighted by atomic mass is 32.2. The SMILES string of the molecule is Cc1cc(C)c(C)c(S(=O)(=O)N(C2CC2)[C@@H]2CCS(=O)(=O)C2)c1C. The molecule has 7 heteroatoms. The van der Waals surface area contributed by atoms with Crippen molar-refractivity contribution >= 4 is 19.9 Å². The maximum Gasteiger partial charge on any atom is 0.244 e. The Labute approximate surface area is 145 Å². The molecule has 1 aliphatic heterocycles. The molecule has 1 saturated heterocycles. The van der Waals surface area contributed by atoms with Crippen LogP contribution >= 0.6 is 0 Å². The Kier molecular flexibility index (Phi) is 4.33. The van der Waals surface area contributed by atoms with Crippen molar-refractivity contribution in [1.82, 2.24) is 4.31 Å². The third-order valence-electron chi connectivity index (χ3n) is 5.31.